The fraction of sp³-hybridized carbons (Fsp3) is 0.240. The van der Waals surface area contributed by atoms with Crippen LogP contribution in [0.2, 0.25) is 0 Å². The number of furan rings is 1. The Morgan fingerprint density at radius 2 is 1.67 bits per heavy atom. The third-order valence-electron chi connectivity index (χ3n) is 4.85. The molecular weight excluding hydrogens is 380 g/mol. The number of hydrogen-bond acceptors (Lipinski definition) is 5. The van der Waals surface area contributed by atoms with Crippen LogP contribution in [0.15, 0.2) is 68.4 Å². The first-order valence-electron chi connectivity index (χ1n) is 9.97. The van der Waals surface area contributed by atoms with Gasteiger partial charge in [0.2, 0.25) is 16.9 Å². The van der Waals surface area contributed by atoms with Gasteiger partial charge >= 0.3 is 0 Å². The molecule has 0 unspecified atom stereocenters. The van der Waals surface area contributed by atoms with Gasteiger partial charge in [0.15, 0.2) is 5.76 Å². The number of fused-ring (bicyclic) bond motifs is 1. The van der Waals surface area contributed by atoms with Gasteiger partial charge in [-0.05, 0) is 62.2 Å². The van der Waals surface area contributed by atoms with Gasteiger partial charge in [-0.2, -0.15) is 0 Å². The minimum Gasteiger partial charge on any atom is -0.493 e. The molecule has 0 spiro atoms. The molecule has 0 saturated carbocycles. The molecular formula is C25H24O5. The topological polar surface area (TPSA) is 61.8 Å². The summed E-state index contributed by atoms with van der Waals surface area (Å²) in [5, 5.41) is 0.508. The van der Waals surface area contributed by atoms with Crippen LogP contribution < -0.4 is 14.9 Å². The Balaban J connectivity index is 1.56. The van der Waals surface area contributed by atoms with Crippen molar-refractivity contribution in [2.75, 3.05) is 13.2 Å². The van der Waals surface area contributed by atoms with Crippen LogP contribution in [-0.2, 0) is 0 Å². The second-order valence-electron chi connectivity index (χ2n) is 7.39. The lowest BCUT2D eigenvalue weighted by molar-refractivity contribution is 0.244. The highest BCUT2D eigenvalue weighted by Crippen LogP contribution is 2.32. The van der Waals surface area contributed by atoms with Gasteiger partial charge in [-0.3, -0.25) is 4.79 Å². The smallest absolute Gasteiger partial charge is 0.235 e. The molecule has 0 amide bonds. The van der Waals surface area contributed by atoms with Crippen LogP contribution in [0.3, 0.4) is 0 Å². The molecule has 0 saturated heterocycles. The van der Waals surface area contributed by atoms with Crippen molar-refractivity contribution in [2.24, 2.45) is 0 Å². The van der Waals surface area contributed by atoms with Crippen molar-refractivity contribution >= 4 is 11.0 Å². The SMILES string of the molecule is Cc1ccc(OCCCOc2c(-c3ccco3)oc3c(C)cc(C)cc3c2=O)cc1. The largest absolute Gasteiger partial charge is 0.493 e. The van der Waals surface area contributed by atoms with E-state index >= 15 is 0 Å². The standard InChI is InChI=1S/C25H24O5/c1-16-7-9-19(10-8-16)27-12-5-13-29-25-22(26)20-15-17(2)14-18(3)23(20)30-24(25)21-6-4-11-28-21/h4,6-11,14-15H,5,12-13H2,1-3H3. The first-order chi connectivity index (χ1) is 14.5. The van der Waals surface area contributed by atoms with Crippen LogP contribution in [-0.4, -0.2) is 13.2 Å². The maximum Gasteiger partial charge on any atom is 0.235 e. The second-order valence-corrected chi connectivity index (χ2v) is 7.39. The summed E-state index contributed by atoms with van der Waals surface area (Å²) in [5.74, 6) is 1.75. The van der Waals surface area contributed by atoms with Gasteiger partial charge in [0, 0.05) is 6.42 Å². The molecule has 4 rings (SSSR count). The van der Waals surface area contributed by atoms with E-state index in [4.69, 9.17) is 18.3 Å². The van der Waals surface area contributed by atoms with Crippen LogP contribution in [0, 0.1) is 20.8 Å². The fourth-order valence-electron chi connectivity index (χ4n) is 3.39. The maximum absolute atomic E-state index is 13.2. The molecule has 5 heteroatoms. The second kappa shape index (κ2) is 8.49. The van der Waals surface area contributed by atoms with E-state index in [-0.39, 0.29) is 11.2 Å². The maximum atomic E-state index is 13.2. The summed E-state index contributed by atoms with van der Waals surface area (Å²) >= 11 is 0. The highest BCUT2D eigenvalue weighted by molar-refractivity contribution is 5.84. The Hall–Kier alpha value is -3.47. The summed E-state index contributed by atoms with van der Waals surface area (Å²) in [6.45, 7) is 6.71. The summed E-state index contributed by atoms with van der Waals surface area (Å²) in [5.41, 5.74) is 3.43. The summed E-state index contributed by atoms with van der Waals surface area (Å²) < 4.78 is 23.2. The van der Waals surface area contributed by atoms with Crippen molar-refractivity contribution in [3.05, 3.63) is 81.7 Å². The summed E-state index contributed by atoms with van der Waals surface area (Å²) in [7, 11) is 0. The van der Waals surface area contributed by atoms with Crippen molar-refractivity contribution in [1.82, 2.24) is 0 Å². The van der Waals surface area contributed by atoms with Crippen molar-refractivity contribution in [2.45, 2.75) is 27.2 Å². The van der Waals surface area contributed by atoms with E-state index in [9.17, 15) is 4.79 Å². The van der Waals surface area contributed by atoms with Crippen molar-refractivity contribution < 1.29 is 18.3 Å². The minimum atomic E-state index is -0.200. The molecule has 0 N–H and O–H groups in total. The van der Waals surface area contributed by atoms with Crippen LogP contribution in [0.5, 0.6) is 11.5 Å². The predicted octanol–water partition coefficient (Wildman–Crippen LogP) is 5.83. The molecule has 5 nitrogen and oxygen atoms in total. The molecule has 30 heavy (non-hydrogen) atoms. The van der Waals surface area contributed by atoms with Gasteiger partial charge in [0.1, 0.15) is 11.3 Å². The van der Waals surface area contributed by atoms with Crippen LogP contribution in [0.1, 0.15) is 23.1 Å². The summed E-state index contributed by atoms with van der Waals surface area (Å²) in [4.78, 5) is 13.2. The van der Waals surface area contributed by atoms with E-state index in [1.165, 1.54) is 5.56 Å². The quantitative estimate of drug-likeness (QED) is 0.363. The lowest BCUT2D eigenvalue weighted by Crippen LogP contribution is -2.13. The minimum absolute atomic E-state index is 0.165. The third kappa shape index (κ3) is 4.10. The summed E-state index contributed by atoms with van der Waals surface area (Å²) in [6, 6.07) is 15.2. The van der Waals surface area contributed by atoms with Gasteiger partial charge < -0.3 is 18.3 Å². The number of ether oxygens (including phenoxy) is 2. The van der Waals surface area contributed by atoms with E-state index < -0.39 is 0 Å². The molecule has 0 atom stereocenters. The Bertz CT molecular complexity index is 1200. The molecule has 0 aliphatic heterocycles. The molecule has 4 aromatic rings. The monoisotopic (exact) mass is 404 g/mol. The van der Waals surface area contributed by atoms with Gasteiger partial charge in [-0.25, -0.2) is 0 Å². The molecule has 0 aliphatic carbocycles. The van der Waals surface area contributed by atoms with Crippen LogP contribution in [0.25, 0.3) is 22.5 Å². The van der Waals surface area contributed by atoms with Gasteiger partial charge in [-0.1, -0.05) is 23.8 Å². The van der Waals surface area contributed by atoms with Crippen molar-refractivity contribution in [1.29, 1.82) is 0 Å². The average molecular weight is 404 g/mol. The number of rotatable bonds is 7. The normalized spacial score (nSPS) is 11.0. The molecule has 2 heterocycles. The first-order valence-corrected chi connectivity index (χ1v) is 9.97. The Morgan fingerprint density at radius 3 is 2.40 bits per heavy atom. The van der Waals surface area contributed by atoms with E-state index in [0.717, 1.165) is 16.9 Å². The number of aryl methyl sites for hydroxylation is 3. The van der Waals surface area contributed by atoms with Gasteiger partial charge in [0.05, 0.1) is 24.9 Å². The van der Waals surface area contributed by atoms with Gasteiger partial charge in [-0.15, -0.1) is 0 Å². The van der Waals surface area contributed by atoms with E-state index in [1.54, 1.807) is 18.4 Å². The highest BCUT2D eigenvalue weighted by atomic mass is 16.5. The molecule has 0 fully saturated rings. The molecule has 0 bridgehead atoms. The van der Waals surface area contributed by atoms with Crippen LogP contribution in [0.4, 0.5) is 0 Å². The lowest BCUT2D eigenvalue weighted by Gasteiger charge is -2.12. The fourth-order valence-corrected chi connectivity index (χ4v) is 3.39. The Labute approximate surface area is 174 Å². The van der Waals surface area contributed by atoms with E-state index in [0.29, 0.717) is 42.1 Å². The zero-order valence-corrected chi connectivity index (χ0v) is 17.4. The zero-order valence-electron chi connectivity index (χ0n) is 17.4. The van der Waals surface area contributed by atoms with E-state index in [1.807, 2.05) is 57.2 Å². The average Bonchev–Trinajstić information content (AvgIpc) is 3.25. The number of benzene rings is 2. The molecule has 2 aromatic heterocycles. The molecule has 2 aromatic carbocycles. The first kappa shape index (κ1) is 19.8. The zero-order chi connectivity index (χ0) is 21.1. The Morgan fingerprint density at radius 1 is 0.900 bits per heavy atom. The lowest BCUT2D eigenvalue weighted by atomic mass is 10.1. The predicted molar refractivity (Wildman–Crippen MR) is 116 cm³/mol. The molecule has 0 radical (unpaired) electrons. The molecule has 154 valence electrons. The van der Waals surface area contributed by atoms with Crippen LogP contribution >= 0.6 is 0 Å². The number of hydrogen-bond donors (Lipinski definition) is 0. The highest BCUT2D eigenvalue weighted by Gasteiger charge is 2.20. The molecule has 0 aliphatic rings. The third-order valence-corrected chi connectivity index (χ3v) is 4.85. The van der Waals surface area contributed by atoms with Crippen molar-refractivity contribution in [3.8, 4) is 23.0 Å². The van der Waals surface area contributed by atoms with Crippen molar-refractivity contribution in [3.63, 3.8) is 0 Å². The Kier molecular flexibility index (Phi) is 5.61. The van der Waals surface area contributed by atoms with E-state index in [2.05, 4.69) is 0 Å². The summed E-state index contributed by atoms with van der Waals surface area (Å²) in [6.07, 6.45) is 2.16. The van der Waals surface area contributed by atoms with Gasteiger partial charge in [0.25, 0.3) is 0 Å².